The number of aromatic nitrogens is 2. The Kier molecular flexibility index (Phi) is 7.37. The fraction of sp³-hybridized carbons (Fsp3) is 0.381. The fourth-order valence-electron chi connectivity index (χ4n) is 2.95. The summed E-state index contributed by atoms with van der Waals surface area (Å²) in [5.41, 5.74) is -0.151. The van der Waals surface area contributed by atoms with Gasteiger partial charge in [0.05, 0.1) is 0 Å². The highest BCUT2D eigenvalue weighted by molar-refractivity contribution is 6.08. The number of allylic oxidation sites excluding steroid dienone is 1. The largest absolute Gasteiger partial charge is 0.494 e. The summed E-state index contributed by atoms with van der Waals surface area (Å²) in [5, 5.41) is 10.3. The molecule has 1 aromatic heterocycles. The third-order valence-electron chi connectivity index (χ3n) is 4.60. The number of nitrogens with zero attached hydrogens (tertiary/aromatic N) is 2. The van der Waals surface area contributed by atoms with Gasteiger partial charge in [-0.1, -0.05) is 31.6 Å². The number of benzene rings is 1. The van der Waals surface area contributed by atoms with Crippen LogP contribution in [0.15, 0.2) is 39.9 Å². The maximum absolute atomic E-state index is 12.5. The highest BCUT2D eigenvalue weighted by Gasteiger charge is 2.18. The molecule has 0 aliphatic rings. The Bertz CT molecular complexity index is 951. The van der Waals surface area contributed by atoms with Crippen LogP contribution in [0.25, 0.3) is 6.08 Å². The summed E-state index contributed by atoms with van der Waals surface area (Å²) in [7, 11) is 0. The molecule has 2 aromatic rings. The Morgan fingerprint density at radius 1 is 1.14 bits per heavy atom. The summed E-state index contributed by atoms with van der Waals surface area (Å²) >= 11 is 0. The molecule has 28 heavy (non-hydrogen) atoms. The van der Waals surface area contributed by atoms with Gasteiger partial charge in [-0.2, -0.15) is 0 Å². The van der Waals surface area contributed by atoms with Gasteiger partial charge in [-0.25, -0.2) is 4.79 Å². The number of aromatic amines is 1. The number of hydrogen-bond donors (Lipinski definition) is 2. The van der Waals surface area contributed by atoms with E-state index < -0.39 is 28.5 Å². The van der Waals surface area contributed by atoms with Crippen LogP contribution in [0.2, 0.25) is 0 Å². The van der Waals surface area contributed by atoms with Gasteiger partial charge in [0.25, 0.3) is 5.56 Å². The number of H-pyrrole nitrogens is 1. The van der Waals surface area contributed by atoms with Crippen LogP contribution < -0.4 is 16.1 Å². The third kappa shape index (κ3) is 4.79. The number of nitrogens with one attached hydrogen (secondary N) is 1. The Morgan fingerprint density at radius 3 is 2.36 bits per heavy atom. The number of carbonyl (C=O) groups excluding carboxylic acids is 1. The van der Waals surface area contributed by atoms with E-state index in [0.29, 0.717) is 6.42 Å². The molecule has 1 heterocycles. The minimum absolute atomic E-state index is 0.231. The van der Waals surface area contributed by atoms with Gasteiger partial charge in [-0.15, -0.1) is 0 Å². The lowest BCUT2D eigenvalue weighted by Crippen LogP contribution is -2.33. The van der Waals surface area contributed by atoms with E-state index in [1.807, 2.05) is 31.2 Å². The molecule has 0 saturated carbocycles. The molecule has 2 N–H and O–H groups in total. The lowest BCUT2D eigenvalue weighted by atomic mass is 10.1. The quantitative estimate of drug-likeness (QED) is 0.511. The molecule has 7 heteroatoms. The first-order valence-corrected chi connectivity index (χ1v) is 9.56. The molecule has 0 aliphatic carbocycles. The van der Waals surface area contributed by atoms with Crippen LogP contribution in [0.4, 0.5) is 5.69 Å². The molecule has 2 rings (SSSR count). The smallest absolute Gasteiger partial charge is 0.331 e. The highest BCUT2D eigenvalue weighted by atomic mass is 16.3. The van der Waals surface area contributed by atoms with E-state index >= 15 is 0 Å². The average Bonchev–Trinajstić information content (AvgIpc) is 2.68. The van der Waals surface area contributed by atoms with Crippen molar-refractivity contribution in [2.24, 2.45) is 0 Å². The van der Waals surface area contributed by atoms with Crippen LogP contribution >= 0.6 is 0 Å². The van der Waals surface area contributed by atoms with Crippen molar-refractivity contribution < 1.29 is 9.90 Å². The van der Waals surface area contributed by atoms with Gasteiger partial charge in [0.1, 0.15) is 5.56 Å². The van der Waals surface area contributed by atoms with E-state index in [4.69, 9.17) is 0 Å². The third-order valence-corrected chi connectivity index (χ3v) is 4.60. The molecular weight excluding hydrogens is 358 g/mol. The van der Waals surface area contributed by atoms with Gasteiger partial charge in [0, 0.05) is 25.3 Å². The molecular formula is C21H27N3O4. The van der Waals surface area contributed by atoms with Crippen molar-refractivity contribution in [1.29, 1.82) is 0 Å². The first-order valence-electron chi connectivity index (χ1n) is 9.56. The average molecular weight is 385 g/mol. The summed E-state index contributed by atoms with van der Waals surface area (Å²) < 4.78 is 1.02. The van der Waals surface area contributed by atoms with E-state index in [2.05, 4.69) is 23.7 Å². The molecule has 0 unspecified atom stereocenters. The Balaban J connectivity index is 2.27. The molecule has 0 fully saturated rings. The predicted molar refractivity (Wildman–Crippen MR) is 111 cm³/mol. The van der Waals surface area contributed by atoms with Crippen LogP contribution in [-0.4, -0.2) is 33.5 Å². The topological polar surface area (TPSA) is 95.4 Å². The monoisotopic (exact) mass is 385 g/mol. The lowest BCUT2D eigenvalue weighted by Gasteiger charge is -2.20. The van der Waals surface area contributed by atoms with E-state index in [-0.39, 0.29) is 6.54 Å². The van der Waals surface area contributed by atoms with Crippen molar-refractivity contribution in [2.75, 3.05) is 18.0 Å². The van der Waals surface area contributed by atoms with Crippen molar-refractivity contribution in [2.45, 2.75) is 40.2 Å². The fourth-order valence-corrected chi connectivity index (χ4v) is 2.95. The molecule has 0 aliphatic heterocycles. The lowest BCUT2D eigenvalue weighted by molar-refractivity contribution is 0.104. The first kappa shape index (κ1) is 21.2. The number of anilines is 1. The Hall–Kier alpha value is -3.09. The number of hydrogen-bond acceptors (Lipinski definition) is 5. The number of aromatic hydroxyl groups is 1. The van der Waals surface area contributed by atoms with Crippen LogP contribution in [0.3, 0.4) is 0 Å². The van der Waals surface area contributed by atoms with Gasteiger partial charge in [0.15, 0.2) is 5.78 Å². The first-order chi connectivity index (χ1) is 13.4. The Morgan fingerprint density at radius 2 is 1.79 bits per heavy atom. The molecule has 1 aromatic carbocycles. The van der Waals surface area contributed by atoms with Crippen molar-refractivity contribution in [1.82, 2.24) is 9.55 Å². The molecule has 0 spiro atoms. The van der Waals surface area contributed by atoms with Crippen molar-refractivity contribution in [3.8, 4) is 5.88 Å². The van der Waals surface area contributed by atoms with Gasteiger partial charge in [0.2, 0.25) is 5.88 Å². The minimum atomic E-state index is -0.887. The molecule has 7 nitrogen and oxygen atoms in total. The summed E-state index contributed by atoms with van der Waals surface area (Å²) in [6.45, 7) is 8.14. The standard InChI is InChI=1S/C21H27N3O4/c1-4-7-14-24-20(27)18(19(26)22-21(24)28)17(25)13-10-15-8-11-16(12-9-15)23(5-2)6-3/h8-13,27H,4-7,14H2,1-3H3,(H,22,26,28)/b13-10+. The molecule has 0 bridgehead atoms. The number of carbonyl (C=O) groups is 1. The van der Waals surface area contributed by atoms with Crippen LogP contribution in [0.1, 0.15) is 49.5 Å². The van der Waals surface area contributed by atoms with E-state index in [0.717, 1.165) is 35.3 Å². The predicted octanol–water partition coefficient (Wildman–Crippen LogP) is 2.78. The number of ketones is 1. The highest BCUT2D eigenvalue weighted by Crippen LogP contribution is 2.17. The van der Waals surface area contributed by atoms with E-state index in [1.54, 1.807) is 6.08 Å². The van der Waals surface area contributed by atoms with Crippen molar-refractivity contribution in [3.05, 3.63) is 62.3 Å². The summed E-state index contributed by atoms with van der Waals surface area (Å²) in [5.74, 6) is -1.24. The van der Waals surface area contributed by atoms with Gasteiger partial charge in [-0.3, -0.25) is 19.1 Å². The molecule has 0 saturated heterocycles. The SMILES string of the molecule is CCCCn1c(O)c(C(=O)/C=C/c2ccc(N(CC)CC)cc2)c(=O)[nH]c1=O. The maximum Gasteiger partial charge on any atom is 0.331 e. The van der Waals surface area contributed by atoms with Gasteiger partial charge in [-0.05, 0) is 44.0 Å². The van der Waals surface area contributed by atoms with Crippen LogP contribution in [0.5, 0.6) is 5.88 Å². The molecule has 0 amide bonds. The maximum atomic E-state index is 12.5. The zero-order chi connectivity index (χ0) is 20.7. The second-order valence-corrected chi connectivity index (χ2v) is 6.42. The molecule has 0 atom stereocenters. The Labute approximate surface area is 164 Å². The van der Waals surface area contributed by atoms with Crippen LogP contribution in [-0.2, 0) is 6.54 Å². The summed E-state index contributed by atoms with van der Waals surface area (Å²) in [6.07, 6.45) is 4.25. The molecule has 150 valence electrons. The second kappa shape index (κ2) is 9.73. The van der Waals surface area contributed by atoms with E-state index in [9.17, 15) is 19.5 Å². The number of rotatable bonds is 9. The van der Waals surface area contributed by atoms with Gasteiger partial charge < -0.3 is 10.0 Å². The van der Waals surface area contributed by atoms with Gasteiger partial charge >= 0.3 is 5.69 Å². The zero-order valence-electron chi connectivity index (χ0n) is 16.6. The van der Waals surface area contributed by atoms with Crippen molar-refractivity contribution >= 4 is 17.5 Å². The summed E-state index contributed by atoms with van der Waals surface area (Å²) in [6, 6.07) is 7.69. The minimum Gasteiger partial charge on any atom is -0.494 e. The summed E-state index contributed by atoms with van der Waals surface area (Å²) in [4.78, 5) is 40.7. The molecule has 0 radical (unpaired) electrons. The van der Waals surface area contributed by atoms with E-state index in [1.165, 1.54) is 6.08 Å². The second-order valence-electron chi connectivity index (χ2n) is 6.42. The van der Waals surface area contributed by atoms with Crippen molar-refractivity contribution in [3.63, 3.8) is 0 Å². The van der Waals surface area contributed by atoms with Crippen LogP contribution in [0, 0.1) is 0 Å². The number of unbranched alkanes of at least 4 members (excludes halogenated alkanes) is 1. The normalized spacial score (nSPS) is 11.1. The zero-order valence-corrected chi connectivity index (χ0v) is 16.6.